The number of carbonyl (C=O) groups is 3. The molecule has 3 aromatic carbocycles. The maximum absolute atomic E-state index is 13.9. The summed E-state index contributed by atoms with van der Waals surface area (Å²) in [6.45, 7) is -0.294. The molecule has 1 saturated heterocycles. The second-order valence-corrected chi connectivity index (χ2v) is 15.3. The molecule has 9 nitrogen and oxygen atoms in total. The van der Waals surface area contributed by atoms with E-state index in [4.69, 9.17) is 32.7 Å². The van der Waals surface area contributed by atoms with Gasteiger partial charge in [0, 0.05) is 21.7 Å². The fourth-order valence-electron chi connectivity index (χ4n) is 8.15. The molecule has 8 rings (SSSR count). The Hall–Kier alpha value is -3.84. The molecule has 2 aliphatic heterocycles. The van der Waals surface area contributed by atoms with E-state index < -0.39 is 23.6 Å². The predicted molar refractivity (Wildman–Crippen MR) is 181 cm³/mol. The Labute approximate surface area is 291 Å². The van der Waals surface area contributed by atoms with Crippen molar-refractivity contribution in [2.75, 3.05) is 23.9 Å². The zero-order valence-corrected chi connectivity index (χ0v) is 28.2. The number of carbonyl (C=O) groups excluding carboxylic acids is 3. The highest BCUT2D eigenvalue weighted by molar-refractivity contribution is 8.00. The molecule has 4 aromatic rings. The Morgan fingerprint density at radius 3 is 2.46 bits per heavy atom. The maximum atomic E-state index is 13.9. The minimum absolute atomic E-state index is 0.00379. The van der Waals surface area contributed by atoms with Crippen molar-refractivity contribution in [3.05, 3.63) is 96.6 Å². The number of thiazole rings is 1. The number of halogens is 3. The lowest BCUT2D eigenvalue weighted by Gasteiger charge is -2.43. The van der Waals surface area contributed by atoms with E-state index in [1.54, 1.807) is 36.0 Å². The molecule has 3 amide bonds. The van der Waals surface area contributed by atoms with E-state index in [9.17, 15) is 23.6 Å². The maximum Gasteiger partial charge on any atom is 0.305 e. The molecule has 246 valence electrons. The smallest absolute Gasteiger partial charge is 0.305 e. The van der Waals surface area contributed by atoms with E-state index in [0.29, 0.717) is 32.9 Å². The largest absolute Gasteiger partial charge is 0.493 e. The standard InChI is InChI=1S/C34H26Cl2FN3O6S2/c1-45-23-10-14(2-9-22(23)46-13-24(41)38-16-5-8-20(35)21(36)11-16)25-26-18-12-19(29(26)47-31-30(25)48-34(44)39-31)28-27(18)32(42)40(33(28)43)17-6-3-15(37)4-7-17/h2-11,18-19,25-29H,12-13H2,1H3,(H,38,41)(H,39,44)/t18-,19-,25-,26?,27?,28?,29?/m1/s1. The number of aromatic amines is 1. The number of hydrogen-bond donors (Lipinski definition) is 2. The lowest BCUT2D eigenvalue weighted by atomic mass is 9.68. The number of fused-ring (bicyclic) bond motifs is 9. The molecule has 0 radical (unpaired) electrons. The fraction of sp³-hybridized carbons (Fsp3) is 0.294. The number of rotatable bonds is 7. The first kappa shape index (κ1) is 31.4. The number of thioether (sulfide) groups is 1. The molecule has 3 fully saturated rings. The molecular formula is C34H26Cl2FN3O6S2. The van der Waals surface area contributed by atoms with E-state index in [1.165, 1.54) is 36.3 Å². The van der Waals surface area contributed by atoms with Gasteiger partial charge in [0.25, 0.3) is 5.91 Å². The Morgan fingerprint density at radius 1 is 0.979 bits per heavy atom. The molecule has 0 spiro atoms. The Kier molecular flexibility index (Phi) is 7.82. The summed E-state index contributed by atoms with van der Waals surface area (Å²) in [5.41, 5.74) is 1.73. The summed E-state index contributed by atoms with van der Waals surface area (Å²) in [5.74, 6) is -1.96. The average Bonchev–Trinajstić information content (AvgIpc) is 3.81. The van der Waals surface area contributed by atoms with Gasteiger partial charge >= 0.3 is 4.87 Å². The first-order valence-electron chi connectivity index (χ1n) is 15.2. The van der Waals surface area contributed by atoms with Gasteiger partial charge in [0.15, 0.2) is 18.1 Å². The minimum Gasteiger partial charge on any atom is -0.493 e. The predicted octanol–water partition coefficient (Wildman–Crippen LogP) is 6.59. The molecule has 2 aliphatic carbocycles. The van der Waals surface area contributed by atoms with Crippen LogP contribution in [0, 0.1) is 35.4 Å². The van der Waals surface area contributed by atoms with Gasteiger partial charge in [-0.3, -0.25) is 24.1 Å². The van der Waals surface area contributed by atoms with Gasteiger partial charge in [0.05, 0.1) is 39.7 Å². The van der Waals surface area contributed by atoms with Gasteiger partial charge in [-0.05, 0) is 84.3 Å². The number of aromatic nitrogens is 1. The average molecular weight is 727 g/mol. The molecular weight excluding hydrogens is 700 g/mol. The van der Waals surface area contributed by atoms with Crippen molar-refractivity contribution >= 4 is 75.4 Å². The molecule has 48 heavy (non-hydrogen) atoms. The third-order valence-corrected chi connectivity index (χ3v) is 13.2. The summed E-state index contributed by atoms with van der Waals surface area (Å²) in [5, 5.41) is 4.19. The number of ether oxygens (including phenoxy) is 2. The van der Waals surface area contributed by atoms with Crippen molar-refractivity contribution in [1.29, 1.82) is 0 Å². The highest BCUT2D eigenvalue weighted by atomic mass is 35.5. The van der Waals surface area contributed by atoms with Crippen LogP contribution in [0.4, 0.5) is 15.8 Å². The number of nitrogens with one attached hydrogen (secondary N) is 2. The topological polar surface area (TPSA) is 118 Å². The van der Waals surface area contributed by atoms with Crippen LogP contribution in [0.2, 0.25) is 10.0 Å². The summed E-state index contributed by atoms with van der Waals surface area (Å²) in [7, 11) is 1.51. The lowest BCUT2D eigenvalue weighted by molar-refractivity contribution is -0.123. The summed E-state index contributed by atoms with van der Waals surface area (Å²) in [6, 6.07) is 15.7. The minimum atomic E-state index is -0.493. The van der Waals surface area contributed by atoms with Crippen molar-refractivity contribution in [2.24, 2.45) is 29.6 Å². The van der Waals surface area contributed by atoms with Gasteiger partial charge in [-0.15, -0.1) is 11.8 Å². The molecule has 7 atom stereocenters. The van der Waals surface area contributed by atoms with Crippen LogP contribution < -0.4 is 24.6 Å². The van der Waals surface area contributed by atoms with Gasteiger partial charge < -0.3 is 19.8 Å². The molecule has 3 heterocycles. The number of hydrogen-bond acceptors (Lipinski definition) is 8. The van der Waals surface area contributed by atoms with Crippen LogP contribution in [0.1, 0.15) is 22.8 Å². The molecule has 4 aliphatic rings. The van der Waals surface area contributed by atoms with Crippen LogP contribution in [-0.4, -0.2) is 41.7 Å². The second-order valence-electron chi connectivity index (χ2n) is 12.3. The molecule has 2 bridgehead atoms. The van der Waals surface area contributed by atoms with Crippen LogP contribution in [0.25, 0.3) is 0 Å². The van der Waals surface area contributed by atoms with Crippen LogP contribution in [0.3, 0.4) is 0 Å². The zero-order valence-electron chi connectivity index (χ0n) is 25.1. The summed E-state index contributed by atoms with van der Waals surface area (Å²) in [4.78, 5) is 58.0. The van der Waals surface area contributed by atoms with Crippen molar-refractivity contribution in [2.45, 2.75) is 22.6 Å². The van der Waals surface area contributed by atoms with Crippen LogP contribution in [0.15, 0.2) is 70.5 Å². The van der Waals surface area contributed by atoms with E-state index in [2.05, 4.69) is 10.3 Å². The van der Waals surface area contributed by atoms with Gasteiger partial charge in [0.1, 0.15) is 5.82 Å². The normalized spacial score (nSPS) is 26.7. The number of anilines is 2. The molecule has 2 N–H and O–H groups in total. The Balaban J connectivity index is 1.08. The summed E-state index contributed by atoms with van der Waals surface area (Å²) >= 11 is 14.8. The van der Waals surface area contributed by atoms with Crippen molar-refractivity contribution in [1.82, 2.24) is 4.98 Å². The van der Waals surface area contributed by atoms with Crippen molar-refractivity contribution < 1.29 is 28.2 Å². The molecule has 4 unspecified atom stereocenters. The Bertz CT molecular complexity index is 2050. The fourth-order valence-corrected chi connectivity index (χ4v) is 11.3. The number of H-pyrrole nitrogens is 1. The van der Waals surface area contributed by atoms with Gasteiger partial charge in [-0.25, -0.2) is 4.39 Å². The van der Waals surface area contributed by atoms with E-state index in [1.807, 2.05) is 12.1 Å². The molecule has 14 heteroatoms. The first-order valence-corrected chi connectivity index (χ1v) is 17.7. The second kappa shape index (κ2) is 11.9. The third kappa shape index (κ3) is 5.03. The van der Waals surface area contributed by atoms with Gasteiger partial charge in [-0.1, -0.05) is 40.6 Å². The third-order valence-electron chi connectivity index (χ3n) is 9.92. The quantitative estimate of drug-likeness (QED) is 0.207. The first-order chi connectivity index (χ1) is 23.1. The number of methoxy groups -OCH3 is 1. The lowest BCUT2D eigenvalue weighted by Crippen LogP contribution is -2.42. The van der Waals surface area contributed by atoms with Crippen molar-refractivity contribution in [3.8, 4) is 11.5 Å². The van der Waals surface area contributed by atoms with Gasteiger partial charge in [0.2, 0.25) is 11.8 Å². The number of benzene rings is 3. The van der Waals surface area contributed by atoms with E-state index >= 15 is 0 Å². The number of amides is 3. The molecule has 1 aromatic heterocycles. The monoisotopic (exact) mass is 725 g/mol. The van der Waals surface area contributed by atoms with E-state index in [0.717, 1.165) is 33.2 Å². The van der Waals surface area contributed by atoms with Gasteiger partial charge in [-0.2, -0.15) is 0 Å². The number of nitrogens with zero attached hydrogens (tertiary/aromatic N) is 1. The molecule has 2 saturated carbocycles. The van der Waals surface area contributed by atoms with Crippen LogP contribution in [0.5, 0.6) is 11.5 Å². The SMILES string of the molecule is COc1cc([C@H]2c3sc(=O)[nH]c3SC3C2[C@H]2C[C@@H]3C3C(=O)N(c4ccc(F)cc4)C(=O)C32)ccc1OCC(=O)Nc1ccc(Cl)c(Cl)c1. The van der Waals surface area contributed by atoms with Crippen LogP contribution >= 0.6 is 46.3 Å². The Morgan fingerprint density at radius 2 is 1.73 bits per heavy atom. The van der Waals surface area contributed by atoms with Crippen LogP contribution in [-0.2, 0) is 14.4 Å². The zero-order chi connectivity index (χ0) is 33.4. The highest BCUT2D eigenvalue weighted by Crippen LogP contribution is 2.68. The van der Waals surface area contributed by atoms with Crippen molar-refractivity contribution in [3.63, 3.8) is 0 Å². The summed E-state index contributed by atoms with van der Waals surface area (Å²) < 4.78 is 25.2. The number of imide groups is 1. The highest BCUT2D eigenvalue weighted by Gasteiger charge is 2.69. The van der Waals surface area contributed by atoms with E-state index in [-0.39, 0.29) is 52.2 Å². The summed E-state index contributed by atoms with van der Waals surface area (Å²) in [6.07, 6.45) is 0.731.